The monoisotopic (exact) mass is 431 g/mol. The van der Waals surface area contributed by atoms with Crippen LogP contribution in [-0.2, 0) is 16.0 Å². The van der Waals surface area contributed by atoms with Crippen LogP contribution < -0.4 is 4.74 Å². The third-order valence-corrected chi connectivity index (χ3v) is 6.01. The number of amides is 2. The van der Waals surface area contributed by atoms with Gasteiger partial charge in [-0.2, -0.15) is 0 Å². The summed E-state index contributed by atoms with van der Waals surface area (Å²) in [6.45, 7) is 2.17. The Morgan fingerprint density at radius 1 is 1.22 bits per heavy atom. The van der Waals surface area contributed by atoms with E-state index in [9.17, 15) is 9.59 Å². The maximum Gasteiger partial charge on any atom is 0.417 e. The maximum atomic E-state index is 13.0. The molecule has 5 nitrogen and oxygen atoms in total. The molecule has 2 aromatic rings. The first-order valence-corrected chi connectivity index (χ1v) is 9.74. The van der Waals surface area contributed by atoms with Crippen molar-refractivity contribution in [2.24, 2.45) is 0 Å². The van der Waals surface area contributed by atoms with Crippen LogP contribution in [0.3, 0.4) is 0 Å². The number of cyclic esters (lactones) is 1. The van der Waals surface area contributed by atoms with Crippen molar-refractivity contribution in [2.75, 3.05) is 13.7 Å². The molecule has 1 aliphatic rings. The Labute approximate surface area is 167 Å². The van der Waals surface area contributed by atoms with Gasteiger partial charge in [-0.15, -0.1) is 0 Å². The average molecular weight is 432 g/mol. The van der Waals surface area contributed by atoms with E-state index in [-0.39, 0.29) is 24.5 Å². The van der Waals surface area contributed by atoms with Gasteiger partial charge in [-0.1, -0.05) is 65.3 Å². The van der Waals surface area contributed by atoms with Crippen LogP contribution in [0.25, 0.3) is 0 Å². The minimum atomic E-state index is -0.577. The molecule has 0 aromatic heterocycles. The van der Waals surface area contributed by atoms with Crippen LogP contribution in [-0.4, -0.2) is 41.5 Å². The van der Waals surface area contributed by atoms with Gasteiger partial charge >= 0.3 is 6.09 Å². The van der Waals surface area contributed by atoms with Gasteiger partial charge in [0.25, 0.3) is 0 Å². The molecule has 3 rings (SSSR count). The second-order valence-corrected chi connectivity index (χ2v) is 7.58. The minimum Gasteiger partial charge on any atom is -0.497 e. The van der Waals surface area contributed by atoms with Crippen molar-refractivity contribution in [3.63, 3.8) is 0 Å². The Hall–Kier alpha value is -2.34. The van der Waals surface area contributed by atoms with E-state index in [1.807, 2.05) is 61.5 Å². The van der Waals surface area contributed by atoms with Crippen molar-refractivity contribution in [1.82, 2.24) is 4.90 Å². The summed E-state index contributed by atoms with van der Waals surface area (Å²) in [7, 11) is 1.61. The van der Waals surface area contributed by atoms with E-state index in [2.05, 4.69) is 15.9 Å². The number of hydrogen-bond donors (Lipinski definition) is 0. The molecule has 6 heteroatoms. The van der Waals surface area contributed by atoms with Gasteiger partial charge in [0.05, 0.1) is 13.2 Å². The predicted molar refractivity (Wildman–Crippen MR) is 106 cm³/mol. The van der Waals surface area contributed by atoms with E-state index >= 15 is 0 Å². The van der Waals surface area contributed by atoms with Crippen molar-refractivity contribution in [3.05, 3.63) is 65.7 Å². The highest BCUT2D eigenvalue weighted by Crippen LogP contribution is 2.30. The van der Waals surface area contributed by atoms with Gasteiger partial charge in [0.15, 0.2) is 0 Å². The van der Waals surface area contributed by atoms with Gasteiger partial charge in [-0.05, 0) is 29.7 Å². The van der Waals surface area contributed by atoms with E-state index < -0.39 is 10.9 Å². The second-order valence-electron chi connectivity index (χ2n) is 6.59. The van der Waals surface area contributed by atoms with Crippen molar-refractivity contribution in [3.8, 4) is 5.75 Å². The van der Waals surface area contributed by atoms with Crippen molar-refractivity contribution in [1.29, 1.82) is 0 Å². The molecule has 1 saturated heterocycles. The quantitative estimate of drug-likeness (QED) is 0.644. The SMILES string of the molecule is COc1ccc([C@H](C)[C@H](Br)C(=O)N2C(=O)OC[C@H]2Cc2ccccc2)cc1. The normalized spacial score (nSPS) is 18.7. The van der Waals surface area contributed by atoms with Crippen LogP contribution in [0.4, 0.5) is 4.79 Å². The minimum absolute atomic E-state index is 0.116. The van der Waals surface area contributed by atoms with E-state index in [4.69, 9.17) is 9.47 Å². The van der Waals surface area contributed by atoms with E-state index in [1.54, 1.807) is 7.11 Å². The first-order chi connectivity index (χ1) is 13.0. The molecule has 1 aliphatic heterocycles. The molecule has 0 spiro atoms. The van der Waals surface area contributed by atoms with Gasteiger partial charge in [-0.3, -0.25) is 4.79 Å². The number of ether oxygens (including phenoxy) is 2. The van der Waals surface area contributed by atoms with Crippen LogP contribution in [0, 0.1) is 0 Å². The Kier molecular flexibility index (Phi) is 6.16. The molecule has 0 unspecified atom stereocenters. The molecule has 0 aliphatic carbocycles. The molecule has 2 amide bonds. The fourth-order valence-corrected chi connectivity index (χ4v) is 3.72. The summed E-state index contributed by atoms with van der Waals surface area (Å²) in [5, 5.41) is 0. The highest BCUT2D eigenvalue weighted by molar-refractivity contribution is 9.10. The van der Waals surface area contributed by atoms with E-state index in [0.29, 0.717) is 6.42 Å². The van der Waals surface area contributed by atoms with Gasteiger partial charge in [0.1, 0.15) is 17.2 Å². The van der Waals surface area contributed by atoms with E-state index in [0.717, 1.165) is 16.9 Å². The van der Waals surface area contributed by atoms with Gasteiger partial charge in [0, 0.05) is 5.92 Å². The fourth-order valence-electron chi connectivity index (χ4n) is 3.19. The third-order valence-electron chi connectivity index (χ3n) is 4.83. The molecule has 2 aromatic carbocycles. The molecule has 3 atom stereocenters. The smallest absolute Gasteiger partial charge is 0.417 e. The molecular formula is C21H22BrNO4. The zero-order chi connectivity index (χ0) is 19.4. The summed E-state index contributed by atoms with van der Waals surface area (Å²) in [5.74, 6) is 0.366. The lowest BCUT2D eigenvalue weighted by Crippen LogP contribution is -2.45. The molecule has 1 heterocycles. The standard InChI is InChI=1S/C21H22BrNO4/c1-14(16-8-10-18(26-2)11-9-16)19(22)20(24)23-17(13-27-21(23)25)12-15-6-4-3-5-7-15/h3-11,14,17,19H,12-13H2,1-2H3/t14-,17+,19-/m0/s1. The lowest BCUT2D eigenvalue weighted by atomic mass is 9.96. The van der Waals surface area contributed by atoms with Gasteiger partial charge in [-0.25, -0.2) is 9.69 Å². The summed E-state index contributed by atoms with van der Waals surface area (Å²) >= 11 is 3.50. The Morgan fingerprint density at radius 2 is 1.89 bits per heavy atom. The highest BCUT2D eigenvalue weighted by Gasteiger charge is 2.41. The molecule has 0 bridgehead atoms. The average Bonchev–Trinajstić information content (AvgIpc) is 3.07. The number of alkyl halides is 1. The van der Waals surface area contributed by atoms with Crippen molar-refractivity contribution >= 4 is 27.9 Å². The predicted octanol–water partition coefficient (Wildman–Crippen LogP) is 4.15. The van der Waals surface area contributed by atoms with Crippen LogP contribution in [0.2, 0.25) is 0 Å². The second kappa shape index (κ2) is 8.57. The number of rotatable bonds is 6. The number of benzene rings is 2. The number of halogens is 1. The highest BCUT2D eigenvalue weighted by atomic mass is 79.9. The Morgan fingerprint density at radius 3 is 2.52 bits per heavy atom. The van der Waals surface area contributed by atoms with Gasteiger partial charge < -0.3 is 9.47 Å². The molecule has 27 heavy (non-hydrogen) atoms. The first-order valence-electron chi connectivity index (χ1n) is 8.83. The molecular weight excluding hydrogens is 410 g/mol. The zero-order valence-electron chi connectivity index (χ0n) is 15.3. The molecule has 0 radical (unpaired) electrons. The zero-order valence-corrected chi connectivity index (χ0v) is 16.9. The summed E-state index contributed by atoms with van der Waals surface area (Å²) < 4.78 is 10.3. The Balaban J connectivity index is 1.73. The topological polar surface area (TPSA) is 55.8 Å². The maximum absolute atomic E-state index is 13.0. The molecule has 142 valence electrons. The van der Waals surface area contributed by atoms with Crippen LogP contribution in [0.1, 0.15) is 24.0 Å². The van der Waals surface area contributed by atoms with E-state index in [1.165, 1.54) is 4.90 Å². The molecule has 0 saturated carbocycles. The van der Waals surface area contributed by atoms with Gasteiger partial charge in [0.2, 0.25) is 5.91 Å². The summed E-state index contributed by atoms with van der Waals surface area (Å²) in [6, 6.07) is 17.1. The van der Waals surface area contributed by atoms with Crippen molar-refractivity contribution < 1.29 is 19.1 Å². The van der Waals surface area contributed by atoms with Crippen LogP contribution >= 0.6 is 15.9 Å². The number of hydrogen-bond acceptors (Lipinski definition) is 4. The molecule has 0 N–H and O–H groups in total. The summed E-state index contributed by atoms with van der Waals surface area (Å²) in [6.07, 6.45) is 0.00177. The molecule has 1 fully saturated rings. The lowest BCUT2D eigenvalue weighted by Gasteiger charge is -2.25. The van der Waals surface area contributed by atoms with Crippen LogP contribution in [0.15, 0.2) is 54.6 Å². The number of imide groups is 1. The summed E-state index contributed by atoms with van der Waals surface area (Å²) in [5.41, 5.74) is 2.05. The third kappa shape index (κ3) is 4.33. The number of carbonyl (C=O) groups is 2. The number of nitrogens with zero attached hydrogens (tertiary/aromatic N) is 1. The fraction of sp³-hybridized carbons (Fsp3) is 0.333. The Bertz CT molecular complexity index is 794. The van der Waals surface area contributed by atoms with Crippen molar-refractivity contribution in [2.45, 2.75) is 30.1 Å². The lowest BCUT2D eigenvalue weighted by molar-refractivity contribution is -0.128. The first kappa shape index (κ1) is 19.4. The largest absolute Gasteiger partial charge is 0.497 e. The van der Waals surface area contributed by atoms with Crippen LogP contribution in [0.5, 0.6) is 5.75 Å². The number of carbonyl (C=O) groups excluding carboxylic acids is 2. The summed E-state index contributed by atoms with van der Waals surface area (Å²) in [4.78, 5) is 26.0. The number of methoxy groups -OCH3 is 1.